The number of quaternary nitrogens is 1. The molecule has 0 saturated heterocycles. The maximum absolute atomic E-state index is 2.56. The topological polar surface area (TPSA) is 16.6 Å². The van der Waals surface area contributed by atoms with Crippen molar-refractivity contribution in [1.29, 1.82) is 0 Å². The monoisotopic (exact) mass is 204 g/mol. The predicted octanol–water partition coefficient (Wildman–Crippen LogP) is 2.64. The second-order valence-corrected chi connectivity index (χ2v) is 4.79. The third-order valence-electron chi connectivity index (χ3n) is 3.54. The molecule has 0 unspecified atom stereocenters. The zero-order valence-electron chi connectivity index (χ0n) is 9.65. The molecule has 1 atom stereocenters. The Morgan fingerprint density at radius 1 is 1.07 bits per heavy atom. The van der Waals surface area contributed by atoms with Crippen LogP contribution in [0, 0.1) is 0 Å². The highest BCUT2D eigenvalue weighted by atomic mass is 14.9. The Morgan fingerprint density at radius 3 is 2.40 bits per heavy atom. The average molecular weight is 204 g/mol. The minimum atomic E-state index is 0.620. The SMILES string of the molecule is C[C@@H]([NH2+]C1CCCCC1)c1ccccc1. The summed E-state index contributed by atoms with van der Waals surface area (Å²) in [5, 5.41) is 2.56. The molecule has 0 aromatic heterocycles. The molecule has 1 nitrogen and oxygen atoms in total. The molecule has 1 aliphatic carbocycles. The smallest absolute Gasteiger partial charge is 0.109 e. The van der Waals surface area contributed by atoms with E-state index >= 15 is 0 Å². The van der Waals surface area contributed by atoms with Gasteiger partial charge in [0.25, 0.3) is 0 Å². The second-order valence-electron chi connectivity index (χ2n) is 4.79. The lowest BCUT2D eigenvalue weighted by Gasteiger charge is -2.23. The van der Waals surface area contributed by atoms with Crippen LogP contribution in [0.25, 0.3) is 0 Å². The first-order chi connectivity index (χ1) is 7.36. The molecule has 1 saturated carbocycles. The molecule has 0 radical (unpaired) electrons. The summed E-state index contributed by atoms with van der Waals surface area (Å²) in [4.78, 5) is 0. The fourth-order valence-corrected chi connectivity index (χ4v) is 2.60. The van der Waals surface area contributed by atoms with Crippen molar-refractivity contribution >= 4 is 0 Å². The first-order valence-corrected chi connectivity index (χ1v) is 6.26. The van der Waals surface area contributed by atoms with Crippen LogP contribution in [0.4, 0.5) is 0 Å². The van der Waals surface area contributed by atoms with Crippen LogP contribution in [0.15, 0.2) is 30.3 Å². The first-order valence-electron chi connectivity index (χ1n) is 6.26. The van der Waals surface area contributed by atoms with Crippen LogP contribution in [0.5, 0.6) is 0 Å². The van der Waals surface area contributed by atoms with Gasteiger partial charge in [-0.2, -0.15) is 0 Å². The van der Waals surface area contributed by atoms with E-state index in [0.717, 1.165) is 6.04 Å². The molecule has 0 heterocycles. The molecular formula is C14H22N+. The van der Waals surface area contributed by atoms with E-state index in [2.05, 4.69) is 42.6 Å². The highest BCUT2D eigenvalue weighted by molar-refractivity contribution is 5.16. The molecule has 2 N–H and O–H groups in total. The van der Waals surface area contributed by atoms with Crippen LogP contribution in [0.2, 0.25) is 0 Å². The molecule has 0 amide bonds. The molecule has 0 spiro atoms. The van der Waals surface area contributed by atoms with Gasteiger partial charge in [-0.3, -0.25) is 0 Å². The van der Waals surface area contributed by atoms with Crippen molar-refractivity contribution in [2.24, 2.45) is 0 Å². The summed E-state index contributed by atoms with van der Waals surface area (Å²) < 4.78 is 0. The van der Waals surface area contributed by atoms with Gasteiger partial charge in [0.15, 0.2) is 0 Å². The molecule has 0 bridgehead atoms. The standard InChI is InChI=1S/C14H21N/c1-12(13-8-4-2-5-9-13)15-14-10-6-3-7-11-14/h2,4-5,8-9,12,14-15H,3,6-7,10-11H2,1H3/p+1/t12-/m1/s1. The summed E-state index contributed by atoms with van der Waals surface area (Å²) in [6, 6.07) is 12.3. The quantitative estimate of drug-likeness (QED) is 0.779. The summed E-state index contributed by atoms with van der Waals surface area (Å²) in [6.07, 6.45) is 7.14. The van der Waals surface area contributed by atoms with Crippen molar-refractivity contribution in [1.82, 2.24) is 0 Å². The Hall–Kier alpha value is -0.820. The number of hydrogen-bond donors (Lipinski definition) is 1. The lowest BCUT2D eigenvalue weighted by atomic mass is 9.94. The van der Waals surface area contributed by atoms with Crippen LogP contribution < -0.4 is 5.32 Å². The fourth-order valence-electron chi connectivity index (χ4n) is 2.60. The summed E-state index contributed by atoms with van der Waals surface area (Å²) >= 11 is 0. The van der Waals surface area contributed by atoms with E-state index < -0.39 is 0 Å². The van der Waals surface area contributed by atoms with Crippen molar-refractivity contribution in [3.05, 3.63) is 35.9 Å². The second kappa shape index (κ2) is 5.32. The third kappa shape index (κ3) is 3.07. The lowest BCUT2D eigenvalue weighted by Crippen LogP contribution is -2.90. The zero-order valence-corrected chi connectivity index (χ0v) is 9.65. The minimum Gasteiger partial charge on any atom is -0.338 e. The van der Waals surface area contributed by atoms with Crippen molar-refractivity contribution < 1.29 is 5.32 Å². The third-order valence-corrected chi connectivity index (χ3v) is 3.54. The largest absolute Gasteiger partial charge is 0.338 e. The summed E-state index contributed by atoms with van der Waals surface area (Å²) in [5.41, 5.74) is 1.46. The minimum absolute atomic E-state index is 0.620. The lowest BCUT2D eigenvalue weighted by molar-refractivity contribution is -0.727. The van der Waals surface area contributed by atoms with Crippen molar-refractivity contribution in [3.63, 3.8) is 0 Å². The molecular weight excluding hydrogens is 182 g/mol. The van der Waals surface area contributed by atoms with E-state index in [1.165, 1.54) is 37.7 Å². The van der Waals surface area contributed by atoms with E-state index in [1.54, 1.807) is 0 Å². The Balaban J connectivity index is 1.88. The van der Waals surface area contributed by atoms with Crippen molar-refractivity contribution in [3.8, 4) is 0 Å². The maximum Gasteiger partial charge on any atom is 0.109 e. The van der Waals surface area contributed by atoms with Gasteiger partial charge in [-0.05, 0) is 32.6 Å². The number of benzene rings is 1. The van der Waals surface area contributed by atoms with Gasteiger partial charge in [-0.15, -0.1) is 0 Å². The van der Waals surface area contributed by atoms with Crippen LogP contribution in [0.1, 0.15) is 50.6 Å². The number of rotatable bonds is 3. The summed E-state index contributed by atoms with van der Waals surface area (Å²) in [6.45, 7) is 2.32. The number of nitrogens with two attached hydrogens (primary N) is 1. The van der Waals surface area contributed by atoms with E-state index in [4.69, 9.17) is 0 Å². The van der Waals surface area contributed by atoms with Gasteiger partial charge in [-0.25, -0.2) is 0 Å². The highest BCUT2D eigenvalue weighted by Gasteiger charge is 2.19. The van der Waals surface area contributed by atoms with Crippen LogP contribution in [-0.4, -0.2) is 6.04 Å². The molecule has 82 valence electrons. The summed E-state index contributed by atoms with van der Waals surface area (Å²) in [5.74, 6) is 0. The van der Waals surface area contributed by atoms with Crippen LogP contribution in [0.3, 0.4) is 0 Å². The Kier molecular flexibility index (Phi) is 3.79. The van der Waals surface area contributed by atoms with E-state index in [-0.39, 0.29) is 0 Å². The highest BCUT2D eigenvalue weighted by Crippen LogP contribution is 2.16. The Labute approximate surface area is 92.9 Å². The summed E-state index contributed by atoms with van der Waals surface area (Å²) in [7, 11) is 0. The van der Waals surface area contributed by atoms with Gasteiger partial charge in [0.1, 0.15) is 6.04 Å². The predicted molar refractivity (Wildman–Crippen MR) is 63.7 cm³/mol. The normalized spacial score (nSPS) is 20.1. The molecule has 2 rings (SSSR count). The van der Waals surface area contributed by atoms with E-state index in [1.807, 2.05) is 0 Å². The van der Waals surface area contributed by atoms with Gasteiger partial charge in [0.2, 0.25) is 0 Å². The van der Waals surface area contributed by atoms with E-state index in [9.17, 15) is 0 Å². The first kappa shape index (κ1) is 10.7. The van der Waals surface area contributed by atoms with Gasteiger partial charge < -0.3 is 5.32 Å². The molecule has 1 aromatic carbocycles. The van der Waals surface area contributed by atoms with Crippen LogP contribution in [-0.2, 0) is 0 Å². The van der Waals surface area contributed by atoms with Gasteiger partial charge >= 0.3 is 0 Å². The van der Waals surface area contributed by atoms with E-state index in [0.29, 0.717) is 6.04 Å². The molecule has 1 aromatic rings. The molecule has 1 fully saturated rings. The Bertz CT molecular complexity index is 275. The molecule has 1 heteroatoms. The fraction of sp³-hybridized carbons (Fsp3) is 0.571. The number of hydrogen-bond acceptors (Lipinski definition) is 0. The molecule has 0 aliphatic heterocycles. The van der Waals surface area contributed by atoms with Crippen molar-refractivity contribution in [2.75, 3.05) is 0 Å². The maximum atomic E-state index is 2.56. The van der Waals surface area contributed by atoms with Gasteiger partial charge in [-0.1, -0.05) is 36.8 Å². The van der Waals surface area contributed by atoms with Crippen LogP contribution >= 0.6 is 0 Å². The zero-order chi connectivity index (χ0) is 10.5. The van der Waals surface area contributed by atoms with Gasteiger partial charge in [0, 0.05) is 5.56 Å². The van der Waals surface area contributed by atoms with Gasteiger partial charge in [0.05, 0.1) is 6.04 Å². The molecule has 15 heavy (non-hydrogen) atoms. The molecule has 1 aliphatic rings. The average Bonchev–Trinajstić information content (AvgIpc) is 2.31. The Morgan fingerprint density at radius 2 is 1.73 bits per heavy atom. The van der Waals surface area contributed by atoms with Crippen molar-refractivity contribution in [2.45, 2.75) is 51.1 Å².